The lowest BCUT2D eigenvalue weighted by Gasteiger charge is -2.22. The summed E-state index contributed by atoms with van der Waals surface area (Å²) in [4.78, 5) is 44.0. The number of pyridine rings is 1. The molecule has 31 heavy (non-hydrogen) atoms. The van der Waals surface area contributed by atoms with Crippen molar-refractivity contribution < 1.29 is 9.59 Å². The summed E-state index contributed by atoms with van der Waals surface area (Å²) in [5, 5.41) is 4.85. The number of rotatable bonds is 3. The maximum atomic E-state index is 13.3. The molecule has 0 radical (unpaired) electrons. The minimum atomic E-state index is -1.20. The van der Waals surface area contributed by atoms with Crippen molar-refractivity contribution in [3.8, 4) is 0 Å². The van der Waals surface area contributed by atoms with E-state index in [4.69, 9.17) is 0 Å². The molecule has 0 bridgehead atoms. The fraction of sp³-hybridized carbons (Fsp3) is 0.130. The molecule has 1 aliphatic heterocycles. The van der Waals surface area contributed by atoms with Crippen molar-refractivity contribution in [1.29, 1.82) is 0 Å². The first-order valence-corrected chi connectivity index (χ1v) is 10.5. The Bertz CT molecular complexity index is 1450. The van der Waals surface area contributed by atoms with Gasteiger partial charge in [-0.3, -0.25) is 18.9 Å². The monoisotopic (exact) mass is 476 g/mol. The molecule has 1 atom stereocenters. The van der Waals surface area contributed by atoms with Crippen LogP contribution in [0.5, 0.6) is 0 Å². The van der Waals surface area contributed by atoms with E-state index in [-0.39, 0.29) is 18.0 Å². The van der Waals surface area contributed by atoms with Gasteiger partial charge in [0, 0.05) is 16.7 Å². The first kappa shape index (κ1) is 19.4. The lowest BCUT2D eigenvalue weighted by Crippen LogP contribution is -2.40. The Hall–Kier alpha value is -3.52. The summed E-state index contributed by atoms with van der Waals surface area (Å²) in [7, 11) is 0. The highest BCUT2D eigenvalue weighted by atomic mass is 79.9. The number of halogens is 1. The van der Waals surface area contributed by atoms with Gasteiger partial charge in [0.05, 0.1) is 12.2 Å². The van der Waals surface area contributed by atoms with Crippen molar-refractivity contribution in [3.05, 3.63) is 92.9 Å². The van der Waals surface area contributed by atoms with Crippen molar-refractivity contribution in [1.82, 2.24) is 19.6 Å². The van der Waals surface area contributed by atoms with Gasteiger partial charge in [-0.05, 0) is 57.4 Å². The number of fused-ring (bicyclic) bond motifs is 2. The minimum absolute atomic E-state index is 0.0877. The first-order chi connectivity index (χ1) is 14.8. The van der Waals surface area contributed by atoms with E-state index in [0.717, 1.165) is 20.1 Å². The van der Waals surface area contributed by atoms with E-state index >= 15 is 0 Å². The second-order valence-electron chi connectivity index (χ2n) is 7.67. The van der Waals surface area contributed by atoms with Crippen molar-refractivity contribution in [2.75, 3.05) is 0 Å². The van der Waals surface area contributed by atoms with Crippen LogP contribution in [-0.2, 0) is 16.9 Å². The highest BCUT2D eigenvalue weighted by molar-refractivity contribution is 9.10. The number of hydrogen-bond acceptors (Lipinski definition) is 4. The molecule has 5 rings (SSSR count). The number of imide groups is 1. The standard InChI is InChI=1S/C23H17BrN4O3/c1-23(16-7-6-14-4-2-3-5-15(14)10-16)21(30)28(22(31)26-23)13-18-11-20(29)27-12-17(24)8-9-19(27)25-18/h2-12H,13H2,1H3,(H,26,31). The van der Waals surface area contributed by atoms with Gasteiger partial charge in [0.2, 0.25) is 0 Å². The van der Waals surface area contributed by atoms with Gasteiger partial charge in [0.1, 0.15) is 11.2 Å². The van der Waals surface area contributed by atoms with Crippen LogP contribution >= 0.6 is 15.9 Å². The predicted octanol–water partition coefficient (Wildman–Crippen LogP) is 3.58. The van der Waals surface area contributed by atoms with Crippen LogP contribution in [0.25, 0.3) is 16.4 Å². The highest BCUT2D eigenvalue weighted by Crippen LogP contribution is 2.31. The summed E-state index contributed by atoms with van der Waals surface area (Å²) < 4.78 is 2.15. The number of aromatic nitrogens is 2. The third kappa shape index (κ3) is 3.19. The van der Waals surface area contributed by atoms with E-state index in [1.807, 2.05) is 42.5 Å². The van der Waals surface area contributed by atoms with Crippen LogP contribution in [0.3, 0.4) is 0 Å². The summed E-state index contributed by atoms with van der Waals surface area (Å²) in [5.41, 5.74) is 0.000402. The molecule has 4 aromatic rings. The lowest BCUT2D eigenvalue weighted by atomic mass is 9.90. The molecule has 2 aromatic heterocycles. The van der Waals surface area contributed by atoms with Crippen LogP contribution in [0.2, 0.25) is 0 Å². The van der Waals surface area contributed by atoms with Crippen LogP contribution < -0.4 is 10.9 Å². The molecule has 1 fully saturated rings. The topological polar surface area (TPSA) is 83.8 Å². The Morgan fingerprint density at radius 1 is 1.00 bits per heavy atom. The summed E-state index contributed by atoms with van der Waals surface area (Å²) in [6.45, 7) is 1.60. The smallest absolute Gasteiger partial charge is 0.319 e. The Kier molecular flexibility index (Phi) is 4.40. The van der Waals surface area contributed by atoms with Gasteiger partial charge < -0.3 is 5.32 Å². The van der Waals surface area contributed by atoms with Crippen LogP contribution in [0, 0.1) is 0 Å². The normalized spacial score (nSPS) is 18.7. The Morgan fingerprint density at radius 2 is 1.77 bits per heavy atom. The zero-order chi connectivity index (χ0) is 21.8. The summed E-state index contributed by atoms with van der Waals surface area (Å²) >= 11 is 3.33. The van der Waals surface area contributed by atoms with Gasteiger partial charge in [0.25, 0.3) is 11.5 Å². The van der Waals surface area contributed by atoms with Gasteiger partial charge in [-0.25, -0.2) is 9.78 Å². The molecule has 1 unspecified atom stereocenters. The Balaban J connectivity index is 1.49. The zero-order valence-corrected chi connectivity index (χ0v) is 18.1. The molecule has 1 aliphatic rings. The van der Waals surface area contributed by atoms with Crippen LogP contribution in [-0.4, -0.2) is 26.2 Å². The number of nitrogens with zero attached hydrogens (tertiary/aromatic N) is 3. The molecule has 0 saturated carbocycles. The van der Waals surface area contributed by atoms with Gasteiger partial charge in [0.15, 0.2) is 0 Å². The van der Waals surface area contributed by atoms with Gasteiger partial charge in [-0.2, -0.15) is 0 Å². The molecule has 1 N–H and O–H groups in total. The van der Waals surface area contributed by atoms with Crippen molar-refractivity contribution in [2.45, 2.75) is 19.0 Å². The molecular weight excluding hydrogens is 460 g/mol. The number of urea groups is 1. The molecule has 0 spiro atoms. The summed E-state index contributed by atoms with van der Waals surface area (Å²) in [6.07, 6.45) is 1.62. The van der Waals surface area contributed by atoms with E-state index in [9.17, 15) is 14.4 Å². The molecule has 3 heterocycles. The minimum Gasteiger partial charge on any atom is -0.319 e. The Morgan fingerprint density at radius 3 is 2.58 bits per heavy atom. The van der Waals surface area contributed by atoms with E-state index in [1.165, 1.54) is 10.5 Å². The van der Waals surface area contributed by atoms with Crippen LogP contribution in [0.1, 0.15) is 18.2 Å². The number of nitrogens with one attached hydrogen (secondary N) is 1. The van der Waals surface area contributed by atoms with E-state index in [0.29, 0.717) is 16.9 Å². The molecule has 3 amide bonds. The quantitative estimate of drug-likeness (QED) is 0.458. The Labute approximate surface area is 185 Å². The number of hydrogen-bond donors (Lipinski definition) is 1. The van der Waals surface area contributed by atoms with Crippen molar-refractivity contribution in [2.24, 2.45) is 0 Å². The fourth-order valence-corrected chi connectivity index (χ4v) is 4.24. The highest BCUT2D eigenvalue weighted by Gasteiger charge is 2.49. The van der Waals surface area contributed by atoms with Crippen LogP contribution in [0.15, 0.2) is 76.1 Å². The molecule has 1 saturated heterocycles. The molecular formula is C23H17BrN4O3. The van der Waals surface area contributed by atoms with Crippen molar-refractivity contribution >= 4 is 44.3 Å². The number of carbonyl (C=O) groups excluding carboxylic acids is 2. The van der Waals surface area contributed by atoms with Crippen LogP contribution in [0.4, 0.5) is 4.79 Å². The molecule has 7 nitrogen and oxygen atoms in total. The van der Waals surface area contributed by atoms with E-state index in [2.05, 4.69) is 26.2 Å². The number of amides is 3. The maximum absolute atomic E-state index is 13.3. The molecule has 2 aromatic carbocycles. The third-order valence-corrected chi connectivity index (χ3v) is 6.07. The van der Waals surface area contributed by atoms with Crippen molar-refractivity contribution in [3.63, 3.8) is 0 Å². The third-order valence-electron chi connectivity index (χ3n) is 5.60. The first-order valence-electron chi connectivity index (χ1n) is 9.66. The molecule has 8 heteroatoms. The number of benzene rings is 2. The van der Waals surface area contributed by atoms with Gasteiger partial charge >= 0.3 is 6.03 Å². The molecule has 154 valence electrons. The predicted molar refractivity (Wildman–Crippen MR) is 120 cm³/mol. The fourth-order valence-electron chi connectivity index (χ4n) is 3.91. The van der Waals surface area contributed by atoms with Gasteiger partial charge in [-0.15, -0.1) is 0 Å². The second-order valence-corrected chi connectivity index (χ2v) is 8.59. The summed E-state index contributed by atoms with van der Waals surface area (Å²) in [5.74, 6) is -0.384. The van der Waals surface area contributed by atoms with E-state index in [1.54, 1.807) is 25.3 Å². The zero-order valence-electron chi connectivity index (χ0n) is 16.5. The lowest BCUT2D eigenvalue weighted by molar-refractivity contribution is -0.131. The van der Waals surface area contributed by atoms with Gasteiger partial charge in [-0.1, -0.05) is 36.4 Å². The largest absolute Gasteiger partial charge is 0.325 e. The van der Waals surface area contributed by atoms with E-state index < -0.39 is 11.6 Å². The number of carbonyl (C=O) groups is 2. The second kappa shape index (κ2) is 7.02. The molecule has 0 aliphatic carbocycles. The maximum Gasteiger partial charge on any atom is 0.325 e. The average Bonchev–Trinajstić information content (AvgIpc) is 2.98. The average molecular weight is 477 g/mol. The SMILES string of the molecule is CC1(c2ccc3ccccc3c2)NC(=O)N(Cc2cc(=O)n3cc(Br)ccc3n2)C1=O. The summed E-state index contributed by atoms with van der Waals surface area (Å²) in [6, 6.07) is 17.8.